The van der Waals surface area contributed by atoms with E-state index in [9.17, 15) is 4.79 Å². The number of hydrogen-bond acceptors (Lipinski definition) is 4. The number of rotatable bonds is 1. The highest BCUT2D eigenvalue weighted by Gasteiger charge is 2.52. The first kappa shape index (κ1) is 12.7. The molecule has 4 nitrogen and oxygen atoms in total. The fourth-order valence-electron chi connectivity index (χ4n) is 2.49. The third-order valence-electron chi connectivity index (χ3n) is 3.51. The van der Waals surface area contributed by atoms with Crippen molar-refractivity contribution in [3.05, 3.63) is 64.7 Å². The smallest absolute Gasteiger partial charge is 0.267 e. The molecule has 2 heterocycles. The molecule has 2 aliphatic rings. The lowest BCUT2D eigenvalue weighted by Crippen LogP contribution is -2.39. The highest BCUT2D eigenvalue weighted by Crippen LogP contribution is 2.48. The molecule has 104 valence electrons. The van der Waals surface area contributed by atoms with Gasteiger partial charge < -0.3 is 5.32 Å². The second-order valence-corrected chi connectivity index (χ2v) is 6.46. The second-order valence-electron chi connectivity index (χ2n) is 4.82. The van der Waals surface area contributed by atoms with Gasteiger partial charge in [0.25, 0.3) is 5.91 Å². The molecule has 2 N–H and O–H groups in total. The first-order valence-electron chi connectivity index (χ1n) is 6.40. The van der Waals surface area contributed by atoms with Gasteiger partial charge in [-0.25, -0.2) is 0 Å². The average Bonchev–Trinajstić information content (AvgIpc) is 3.06. The average molecular weight is 316 g/mol. The molecule has 1 atom stereocenters. The Balaban J connectivity index is 1.76. The van der Waals surface area contributed by atoms with E-state index in [1.54, 1.807) is 12.1 Å². The first-order valence-corrected chi connectivity index (χ1v) is 7.59. The van der Waals surface area contributed by atoms with Crippen LogP contribution in [0.1, 0.15) is 11.1 Å². The topological polar surface area (TPSA) is 53.5 Å². The number of hydrogen-bond donors (Lipinski definition) is 2. The number of nitrogens with zero attached hydrogens (tertiary/aromatic N) is 1. The largest absolute Gasteiger partial charge is 0.323 e. The van der Waals surface area contributed by atoms with E-state index in [1.165, 1.54) is 11.8 Å². The highest BCUT2D eigenvalue weighted by molar-refractivity contribution is 8.16. The number of thioether (sulfide) groups is 1. The van der Waals surface area contributed by atoms with Gasteiger partial charge in [-0.3, -0.25) is 10.2 Å². The van der Waals surface area contributed by atoms with Crippen LogP contribution in [0.4, 0.5) is 5.69 Å². The third kappa shape index (κ3) is 1.85. The molecule has 4 rings (SSSR count). The highest BCUT2D eigenvalue weighted by atomic mass is 35.5. The molecule has 6 heteroatoms. The van der Waals surface area contributed by atoms with Crippen LogP contribution in [-0.2, 0) is 9.67 Å². The molecule has 2 aromatic carbocycles. The van der Waals surface area contributed by atoms with E-state index >= 15 is 0 Å². The molecule has 1 amide bonds. The van der Waals surface area contributed by atoms with Gasteiger partial charge in [-0.15, -0.1) is 0 Å². The number of benzene rings is 2. The molecule has 2 aliphatic heterocycles. The van der Waals surface area contributed by atoms with E-state index in [-0.39, 0.29) is 5.91 Å². The molecule has 21 heavy (non-hydrogen) atoms. The summed E-state index contributed by atoms with van der Waals surface area (Å²) >= 11 is 7.47. The van der Waals surface area contributed by atoms with Crippen molar-refractivity contribution < 1.29 is 4.79 Å². The minimum atomic E-state index is -0.925. The van der Waals surface area contributed by atoms with Gasteiger partial charge in [-0.2, -0.15) is 5.10 Å². The Morgan fingerprint density at radius 3 is 2.76 bits per heavy atom. The SMILES string of the molecule is O=C1Nc2ccc(Cl)cc2C12NN=C(c1ccccc1)S2. The molecule has 1 unspecified atom stereocenters. The van der Waals surface area contributed by atoms with Crippen LogP contribution in [0.3, 0.4) is 0 Å². The number of hydrazone groups is 1. The van der Waals surface area contributed by atoms with Crippen molar-refractivity contribution in [2.75, 3.05) is 5.32 Å². The zero-order valence-electron chi connectivity index (χ0n) is 10.8. The number of carbonyl (C=O) groups is 1. The van der Waals surface area contributed by atoms with Crippen molar-refractivity contribution in [1.82, 2.24) is 5.43 Å². The van der Waals surface area contributed by atoms with Crippen molar-refractivity contribution in [3.8, 4) is 0 Å². The number of halogens is 1. The Bertz CT molecular complexity index is 778. The predicted molar refractivity (Wildman–Crippen MR) is 85.5 cm³/mol. The lowest BCUT2D eigenvalue weighted by molar-refractivity contribution is -0.118. The summed E-state index contributed by atoms with van der Waals surface area (Å²) in [6, 6.07) is 15.2. The summed E-state index contributed by atoms with van der Waals surface area (Å²) in [5, 5.41) is 8.61. The van der Waals surface area contributed by atoms with Gasteiger partial charge in [-0.1, -0.05) is 53.7 Å². The quantitative estimate of drug-likeness (QED) is 0.850. The standard InChI is InChI=1S/C15H10ClN3OS/c16-10-6-7-12-11(8-10)15(14(20)17-12)19-18-13(21-15)9-4-2-1-3-5-9/h1-8,19H,(H,17,20). The van der Waals surface area contributed by atoms with Gasteiger partial charge in [-0.05, 0) is 18.2 Å². The lowest BCUT2D eigenvalue weighted by atomic mass is 10.1. The minimum absolute atomic E-state index is 0.126. The van der Waals surface area contributed by atoms with Gasteiger partial charge in [0.2, 0.25) is 4.87 Å². The Hall–Kier alpha value is -1.98. The maximum Gasteiger partial charge on any atom is 0.267 e. The number of amides is 1. The van der Waals surface area contributed by atoms with Crippen LogP contribution < -0.4 is 10.7 Å². The molecular weight excluding hydrogens is 306 g/mol. The number of nitrogens with one attached hydrogen (secondary N) is 2. The Labute approximate surface area is 130 Å². The van der Waals surface area contributed by atoms with E-state index in [2.05, 4.69) is 15.8 Å². The van der Waals surface area contributed by atoms with Crippen molar-refractivity contribution in [3.63, 3.8) is 0 Å². The van der Waals surface area contributed by atoms with E-state index < -0.39 is 4.87 Å². The monoisotopic (exact) mass is 315 g/mol. The van der Waals surface area contributed by atoms with E-state index in [1.807, 2.05) is 36.4 Å². The predicted octanol–water partition coefficient (Wildman–Crippen LogP) is 3.14. The molecule has 0 bridgehead atoms. The summed E-state index contributed by atoms with van der Waals surface area (Å²) in [5.41, 5.74) is 5.57. The Kier molecular flexibility index (Phi) is 2.74. The molecule has 1 spiro atoms. The van der Waals surface area contributed by atoms with Crippen LogP contribution in [0.2, 0.25) is 5.02 Å². The van der Waals surface area contributed by atoms with Crippen molar-refractivity contribution >= 4 is 40.0 Å². The van der Waals surface area contributed by atoms with Crippen molar-refractivity contribution in [1.29, 1.82) is 0 Å². The van der Waals surface area contributed by atoms with Crippen LogP contribution in [0, 0.1) is 0 Å². The normalized spacial score (nSPS) is 22.7. The fourth-order valence-corrected chi connectivity index (χ4v) is 3.81. The summed E-state index contributed by atoms with van der Waals surface area (Å²) < 4.78 is 0. The maximum atomic E-state index is 12.4. The number of fused-ring (bicyclic) bond motifs is 2. The van der Waals surface area contributed by atoms with Gasteiger partial charge in [0, 0.05) is 21.8 Å². The van der Waals surface area contributed by atoms with Crippen LogP contribution in [0.25, 0.3) is 0 Å². The Morgan fingerprint density at radius 2 is 1.95 bits per heavy atom. The minimum Gasteiger partial charge on any atom is -0.323 e. The second kappa shape index (κ2) is 4.51. The summed E-state index contributed by atoms with van der Waals surface area (Å²) in [6.07, 6.45) is 0. The molecule has 0 aromatic heterocycles. The molecular formula is C15H10ClN3OS. The van der Waals surface area contributed by atoms with Crippen LogP contribution >= 0.6 is 23.4 Å². The molecule has 0 fully saturated rings. The summed E-state index contributed by atoms with van der Waals surface area (Å²) in [5.74, 6) is -0.126. The first-order chi connectivity index (χ1) is 10.2. The van der Waals surface area contributed by atoms with Gasteiger partial charge in [0.15, 0.2) is 0 Å². The molecule has 0 saturated carbocycles. The van der Waals surface area contributed by atoms with Gasteiger partial charge in [0.1, 0.15) is 5.04 Å². The number of carbonyl (C=O) groups excluding carboxylic acids is 1. The molecule has 0 radical (unpaired) electrons. The van der Waals surface area contributed by atoms with E-state index in [0.717, 1.165) is 21.9 Å². The van der Waals surface area contributed by atoms with E-state index in [0.29, 0.717) is 5.02 Å². The maximum absolute atomic E-state index is 12.4. The number of anilines is 1. The summed E-state index contributed by atoms with van der Waals surface area (Å²) in [6.45, 7) is 0. The van der Waals surface area contributed by atoms with Crippen molar-refractivity contribution in [2.24, 2.45) is 5.10 Å². The zero-order chi connectivity index (χ0) is 14.4. The zero-order valence-corrected chi connectivity index (χ0v) is 12.3. The summed E-state index contributed by atoms with van der Waals surface area (Å²) in [4.78, 5) is 11.5. The molecule has 0 saturated heterocycles. The van der Waals surface area contributed by atoms with Gasteiger partial charge >= 0.3 is 0 Å². The van der Waals surface area contributed by atoms with Gasteiger partial charge in [0.05, 0.1) is 0 Å². The lowest BCUT2D eigenvalue weighted by Gasteiger charge is -2.19. The van der Waals surface area contributed by atoms with Crippen LogP contribution in [0.15, 0.2) is 53.6 Å². The fraction of sp³-hybridized carbons (Fsp3) is 0.0667. The van der Waals surface area contributed by atoms with Crippen LogP contribution in [0.5, 0.6) is 0 Å². The summed E-state index contributed by atoms with van der Waals surface area (Å²) in [7, 11) is 0. The third-order valence-corrected chi connectivity index (χ3v) is 5.07. The molecule has 0 aliphatic carbocycles. The Morgan fingerprint density at radius 1 is 1.14 bits per heavy atom. The van der Waals surface area contributed by atoms with Crippen molar-refractivity contribution in [2.45, 2.75) is 4.87 Å². The van der Waals surface area contributed by atoms with Crippen LogP contribution in [-0.4, -0.2) is 11.0 Å². The molecule has 2 aromatic rings. The van der Waals surface area contributed by atoms with E-state index in [4.69, 9.17) is 11.6 Å².